The maximum atomic E-state index is 5.99. The average Bonchev–Trinajstić information content (AvgIpc) is 2.34. The van der Waals surface area contributed by atoms with Gasteiger partial charge in [-0.25, -0.2) is 0 Å². The van der Waals surface area contributed by atoms with Crippen LogP contribution in [0.1, 0.15) is 39.5 Å². The van der Waals surface area contributed by atoms with Crippen molar-refractivity contribution in [2.75, 3.05) is 11.9 Å². The van der Waals surface area contributed by atoms with Gasteiger partial charge in [-0.2, -0.15) is 0 Å². The summed E-state index contributed by atoms with van der Waals surface area (Å²) in [6.45, 7) is 5.01. The van der Waals surface area contributed by atoms with E-state index in [1.165, 1.54) is 19.3 Å². The third kappa shape index (κ3) is 4.79. The van der Waals surface area contributed by atoms with E-state index in [1.54, 1.807) is 0 Å². The monoisotopic (exact) mass is 332 g/mol. The van der Waals surface area contributed by atoms with Crippen LogP contribution in [-0.2, 0) is 0 Å². The second-order valence-electron chi connectivity index (χ2n) is 4.98. The van der Waals surface area contributed by atoms with E-state index in [4.69, 9.17) is 17.3 Å². The number of nitrogens with two attached hydrogens (primary N) is 1. The van der Waals surface area contributed by atoms with Crippen LogP contribution < -0.4 is 11.1 Å². The van der Waals surface area contributed by atoms with Crippen molar-refractivity contribution in [1.29, 1.82) is 0 Å². The fourth-order valence-corrected chi connectivity index (χ4v) is 2.40. The Balaban J connectivity index is 2.68. The zero-order valence-corrected chi connectivity index (χ0v) is 13.4. The van der Waals surface area contributed by atoms with Gasteiger partial charge >= 0.3 is 0 Å². The molecule has 0 fully saturated rings. The summed E-state index contributed by atoms with van der Waals surface area (Å²) in [7, 11) is 0. The largest absolute Gasteiger partial charge is 0.379 e. The lowest BCUT2D eigenvalue weighted by Gasteiger charge is -2.31. The summed E-state index contributed by atoms with van der Waals surface area (Å²) in [4.78, 5) is 0. The van der Waals surface area contributed by atoms with E-state index in [9.17, 15) is 0 Å². The minimum Gasteiger partial charge on any atom is -0.379 e. The van der Waals surface area contributed by atoms with E-state index in [1.807, 2.05) is 18.2 Å². The van der Waals surface area contributed by atoms with Crippen LogP contribution in [0.4, 0.5) is 5.69 Å². The highest BCUT2D eigenvalue weighted by Gasteiger charge is 2.21. The van der Waals surface area contributed by atoms with Gasteiger partial charge in [-0.05, 0) is 47.5 Å². The number of nitrogens with one attached hydrogen (secondary N) is 1. The Kier molecular flexibility index (Phi) is 6.47. The molecule has 1 aromatic rings. The molecule has 3 N–H and O–H groups in total. The lowest BCUT2D eigenvalue weighted by Crippen LogP contribution is -2.42. The first-order valence-corrected chi connectivity index (χ1v) is 7.61. The van der Waals surface area contributed by atoms with Crippen LogP contribution in [-0.4, -0.2) is 12.1 Å². The van der Waals surface area contributed by atoms with E-state index < -0.39 is 0 Å². The lowest BCUT2D eigenvalue weighted by atomic mass is 9.94. The van der Waals surface area contributed by atoms with Crippen molar-refractivity contribution in [3.8, 4) is 0 Å². The SMILES string of the molecule is CCCCCC(C)(CN)Nc1ccc(Cl)c(Br)c1. The first kappa shape index (κ1) is 15.8. The van der Waals surface area contributed by atoms with Crippen molar-refractivity contribution in [3.05, 3.63) is 27.7 Å². The fourth-order valence-electron chi connectivity index (χ4n) is 1.90. The van der Waals surface area contributed by atoms with E-state index in [0.717, 1.165) is 21.6 Å². The number of rotatable bonds is 7. The molecule has 0 aromatic heterocycles. The van der Waals surface area contributed by atoms with Gasteiger partial charge in [0.15, 0.2) is 0 Å². The predicted molar refractivity (Wildman–Crippen MR) is 84.4 cm³/mol. The van der Waals surface area contributed by atoms with E-state index in [2.05, 4.69) is 35.1 Å². The van der Waals surface area contributed by atoms with Crippen molar-refractivity contribution in [3.63, 3.8) is 0 Å². The number of halogens is 2. The lowest BCUT2D eigenvalue weighted by molar-refractivity contribution is 0.455. The zero-order chi connectivity index (χ0) is 13.6. The summed E-state index contributed by atoms with van der Waals surface area (Å²) >= 11 is 9.42. The summed E-state index contributed by atoms with van der Waals surface area (Å²) in [5.74, 6) is 0. The third-order valence-electron chi connectivity index (χ3n) is 3.15. The van der Waals surface area contributed by atoms with Crippen molar-refractivity contribution in [2.24, 2.45) is 5.73 Å². The number of unbranched alkanes of at least 4 members (excludes halogenated alkanes) is 2. The summed E-state index contributed by atoms with van der Waals surface area (Å²) < 4.78 is 0.905. The number of hydrogen-bond donors (Lipinski definition) is 2. The molecule has 0 saturated carbocycles. The maximum Gasteiger partial charge on any atom is 0.0549 e. The Morgan fingerprint density at radius 2 is 2.11 bits per heavy atom. The molecule has 0 spiro atoms. The van der Waals surface area contributed by atoms with Crippen LogP contribution in [0.2, 0.25) is 5.02 Å². The molecule has 0 aliphatic heterocycles. The molecule has 0 amide bonds. The Bertz CT molecular complexity index is 384. The van der Waals surface area contributed by atoms with Gasteiger partial charge in [0.05, 0.1) is 5.02 Å². The molecule has 0 radical (unpaired) electrons. The molecular weight excluding hydrogens is 312 g/mol. The minimum absolute atomic E-state index is 0.0531. The molecule has 0 aliphatic carbocycles. The van der Waals surface area contributed by atoms with Gasteiger partial charge in [-0.3, -0.25) is 0 Å². The molecule has 0 saturated heterocycles. The smallest absolute Gasteiger partial charge is 0.0549 e. The van der Waals surface area contributed by atoms with Crippen molar-refractivity contribution >= 4 is 33.2 Å². The van der Waals surface area contributed by atoms with Crippen molar-refractivity contribution in [1.82, 2.24) is 0 Å². The van der Waals surface area contributed by atoms with Crippen LogP contribution in [0.3, 0.4) is 0 Å². The highest BCUT2D eigenvalue weighted by Crippen LogP contribution is 2.28. The van der Waals surface area contributed by atoms with Gasteiger partial charge < -0.3 is 11.1 Å². The van der Waals surface area contributed by atoms with E-state index >= 15 is 0 Å². The minimum atomic E-state index is -0.0531. The Hall–Kier alpha value is -0.250. The normalized spacial score (nSPS) is 14.3. The van der Waals surface area contributed by atoms with Gasteiger partial charge in [-0.1, -0.05) is 37.8 Å². The second-order valence-corrected chi connectivity index (χ2v) is 6.24. The van der Waals surface area contributed by atoms with Gasteiger partial charge in [0.1, 0.15) is 0 Å². The molecule has 18 heavy (non-hydrogen) atoms. The molecule has 1 atom stereocenters. The van der Waals surface area contributed by atoms with Crippen LogP contribution >= 0.6 is 27.5 Å². The summed E-state index contributed by atoms with van der Waals surface area (Å²) in [6.07, 6.45) is 4.76. The summed E-state index contributed by atoms with van der Waals surface area (Å²) in [5, 5.41) is 4.24. The van der Waals surface area contributed by atoms with E-state index in [0.29, 0.717) is 6.54 Å². The Morgan fingerprint density at radius 3 is 2.67 bits per heavy atom. The third-order valence-corrected chi connectivity index (χ3v) is 4.36. The number of anilines is 1. The molecule has 1 unspecified atom stereocenters. The standard InChI is InChI=1S/C14H22BrClN2/c1-3-4-5-8-14(2,10-17)18-11-6-7-13(16)12(15)9-11/h6-7,9,18H,3-5,8,10,17H2,1-2H3. The van der Waals surface area contributed by atoms with Crippen LogP contribution in [0.25, 0.3) is 0 Å². The zero-order valence-electron chi connectivity index (χ0n) is 11.1. The highest BCUT2D eigenvalue weighted by atomic mass is 79.9. The van der Waals surface area contributed by atoms with Crippen molar-refractivity contribution in [2.45, 2.75) is 45.1 Å². The quantitative estimate of drug-likeness (QED) is 0.703. The maximum absolute atomic E-state index is 5.99. The van der Waals surface area contributed by atoms with Crippen LogP contribution in [0, 0.1) is 0 Å². The van der Waals surface area contributed by atoms with E-state index in [-0.39, 0.29) is 5.54 Å². The second kappa shape index (κ2) is 7.37. The number of benzene rings is 1. The Labute approximate surface area is 123 Å². The van der Waals surface area contributed by atoms with Gasteiger partial charge in [0.25, 0.3) is 0 Å². The highest BCUT2D eigenvalue weighted by molar-refractivity contribution is 9.10. The molecule has 1 rings (SSSR count). The fraction of sp³-hybridized carbons (Fsp3) is 0.571. The van der Waals surface area contributed by atoms with Crippen molar-refractivity contribution < 1.29 is 0 Å². The molecule has 102 valence electrons. The molecular formula is C14H22BrClN2. The average molecular weight is 334 g/mol. The summed E-state index contributed by atoms with van der Waals surface area (Å²) in [6, 6.07) is 5.87. The van der Waals surface area contributed by atoms with Crippen LogP contribution in [0.15, 0.2) is 22.7 Å². The first-order valence-electron chi connectivity index (χ1n) is 6.44. The molecule has 4 heteroatoms. The topological polar surface area (TPSA) is 38.0 Å². The summed E-state index contributed by atoms with van der Waals surface area (Å²) in [5.41, 5.74) is 6.90. The molecule has 0 heterocycles. The molecule has 0 aliphatic rings. The first-order chi connectivity index (χ1) is 8.50. The number of hydrogen-bond acceptors (Lipinski definition) is 2. The van der Waals surface area contributed by atoms with Gasteiger partial charge in [-0.15, -0.1) is 0 Å². The van der Waals surface area contributed by atoms with Gasteiger partial charge in [0.2, 0.25) is 0 Å². The molecule has 2 nitrogen and oxygen atoms in total. The molecule has 1 aromatic carbocycles. The predicted octanol–water partition coefficient (Wildman–Crippen LogP) is 4.81. The van der Waals surface area contributed by atoms with Gasteiger partial charge in [0, 0.05) is 22.2 Å². The molecule has 0 bridgehead atoms. The van der Waals surface area contributed by atoms with Crippen LogP contribution in [0.5, 0.6) is 0 Å². The Morgan fingerprint density at radius 1 is 1.39 bits per heavy atom.